The molecule has 1 fully saturated rings. The Hall–Kier alpha value is -1.84. The summed E-state index contributed by atoms with van der Waals surface area (Å²) in [6, 6.07) is 2.80. The summed E-state index contributed by atoms with van der Waals surface area (Å²) >= 11 is 2.24. The molecule has 1 amide bonds. The molecule has 3 heterocycles. The molecule has 23 heavy (non-hydrogen) atoms. The van der Waals surface area contributed by atoms with E-state index in [2.05, 4.69) is 15.2 Å². The molecule has 122 valence electrons. The van der Waals surface area contributed by atoms with Crippen molar-refractivity contribution in [2.75, 3.05) is 18.4 Å². The van der Waals surface area contributed by atoms with Gasteiger partial charge in [-0.2, -0.15) is 0 Å². The van der Waals surface area contributed by atoms with Crippen molar-refractivity contribution >= 4 is 38.7 Å². The first kappa shape index (κ1) is 16.0. The van der Waals surface area contributed by atoms with Crippen molar-refractivity contribution in [2.45, 2.75) is 25.8 Å². The predicted molar refractivity (Wildman–Crippen MR) is 90.2 cm³/mol. The van der Waals surface area contributed by atoms with Gasteiger partial charge in [-0.3, -0.25) is 25.1 Å². The molecule has 0 saturated carbocycles. The van der Waals surface area contributed by atoms with Gasteiger partial charge in [-0.1, -0.05) is 17.8 Å². The number of carbonyl (C=O) groups is 1. The second-order valence-electron chi connectivity index (χ2n) is 5.33. The average Bonchev–Trinajstić information content (AvgIpc) is 3.18. The van der Waals surface area contributed by atoms with Gasteiger partial charge < -0.3 is 0 Å². The Labute approximate surface area is 141 Å². The molecule has 0 spiro atoms. The van der Waals surface area contributed by atoms with E-state index in [9.17, 15) is 14.9 Å². The van der Waals surface area contributed by atoms with Crippen molar-refractivity contribution in [1.82, 2.24) is 9.88 Å². The number of carbonyl (C=O) groups excluding carboxylic acids is 1. The number of nitrogens with zero attached hydrogens (tertiary/aromatic N) is 3. The Morgan fingerprint density at radius 3 is 2.83 bits per heavy atom. The minimum absolute atomic E-state index is 0.0416. The van der Waals surface area contributed by atoms with Gasteiger partial charge in [0.15, 0.2) is 5.13 Å². The summed E-state index contributed by atoms with van der Waals surface area (Å²) in [7, 11) is 0. The molecular formula is C14H16N4O3S2. The zero-order chi connectivity index (χ0) is 16.2. The third-order valence-corrected chi connectivity index (χ3v) is 5.44. The molecule has 1 N–H and O–H groups in total. The van der Waals surface area contributed by atoms with Crippen LogP contribution in [0.2, 0.25) is 0 Å². The van der Waals surface area contributed by atoms with Gasteiger partial charge in [-0.05, 0) is 32.0 Å². The van der Waals surface area contributed by atoms with Crippen LogP contribution < -0.4 is 5.32 Å². The molecule has 9 heteroatoms. The first-order chi connectivity index (χ1) is 11.1. The van der Waals surface area contributed by atoms with Crippen LogP contribution in [0.25, 0.3) is 0 Å². The van der Waals surface area contributed by atoms with Gasteiger partial charge in [0, 0.05) is 18.0 Å². The lowest BCUT2D eigenvalue weighted by molar-refractivity contribution is -0.380. The normalized spacial score (nSPS) is 15.5. The minimum Gasteiger partial charge on any atom is -0.297 e. The van der Waals surface area contributed by atoms with Gasteiger partial charge in [0.25, 0.3) is 5.91 Å². The largest absolute Gasteiger partial charge is 0.324 e. The molecule has 3 rings (SSSR count). The van der Waals surface area contributed by atoms with Crippen LogP contribution in [0.1, 0.15) is 34.6 Å². The number of thiazole rings is 1. The highest BCUT2D eigenvalue weighted by atomic mass is 32.1. The van der Waals surface area contributed by atoms with E-state index in [-0.39, 0.29) is 10.9 Å². The maximum absolute atomic E-state index is 12.1. The number of hydrogen-bond donors (Lipinski definition) is 1. The Morgan fingerprint density at radius 2 is 2.13 bits per heavy atom. The van der Waals surface area contributed by atoms with Gasteiger partial charge in [0.05, 0.1) is 15.5 Å². The molecule has 1 saturated heterocycles. The highest BCUT2D eigenvalue weighted by molar-refractivity contribution is 7.17. The fraction of sp³-hybridized carbons (Fsp3) is 0.429. The highest BCUT2D eigenvalue weighted by Crippen LogP contribution is 2.25. The van der Waals surface area contributed by atoms with Crippen molar-refractivity contribution in [3.05, 3.63) is 38.2 Å². The molecule has 2 aromatic heterocycles. The van der Waals surface area contributed by atoms with Crippen LogP contribution in [-0.4, -0.2) is 33.8 Å². The number of hydrogen-bond acceptors (Lipinski definition) is 7. The summed E-state index contributed by atoms with van der Waals surface area (Å²) in [5.41, 5.74) is 0.948. The lowest BCUT2D eigenvalue weighted by Gasteiger charge is -2.25. The van der Waals surface area contributed by atoms with E-state index in [1.54, 1.807) is 0 Å². The van der Waals surface area contributed by atoms with Gasteiger partial charge in [0.1, 0.15) is 0 Å². The monoisotopic (exact) mass is 352 g/mol. The summed E-state index contributed by atoms with van der Waals surface area (Å²) in [4.78, 5) is 29.3. The molecule has 0 bridgehead atoms. The van der Waals surface area contributed by atoms with E-state index in [0.29, 0.717) is 10.0 Å². The number of anilines is 1. The molecule has 0 atom stereocenters. The maximum atomic E-state index is 12.1. The van der Waals surface area contributed by atoms with Crippen molar-refractivity contribution < 1.29 is 9.72 Å². The predicted octanol–water partition coefficient (Wildman–Crippen LogP) is 3.35. The van der Waals surface area contributed by atoms with E-state index >= 15 is 0 Å². The van der Waals surface area contributed by atoms with Crippen LogP contribution in [-0.2, 0) is 6.54 Å². The number of amides is 1. The lowest BCUT2D eigenvalue weighted by atomic mass is 10.1. The topological polar surface area (TPSA) is 88.4 Å². The van der Waals surface area contributed by atoms with Crippen LogP contribution in [0, 0.1) is 10.1 Å². The van der Waals surface area contributed by atoms with E-state index in [1.165, 1.54) is 42.7 Å². The smallest absolute Gasteiger partial charge is 0.297 e. The van der Waals surface area contributed by atoms with Crippen LogP contribution in [0.15, 0.2) is 17.5 Å². The number of thiophene rings is 1. The van der Waals surface area contributed by atoms with Gasteiger partial charge in [0.2, 0.25) is 0 Å². The Balaban J connectivity index is 1.59. The SMILES string of the molecule is O=C(Nc1nc(CN2CCCCC2)cs1)c1ccc([N+](=O)[O-])s1. The molecular weight excluding hydrogens is 336 g/mol. The molecule has 0 aromatic carbocycles. The first-order valence-electron chi connectivity index (χ1n) is 7.34. The number of nitro groups is 1. The number of rotatable bonds is 5. The van der Waals surface area contributed by atoms with Crippen molar-refractivity contribution in [3.63, 3.8) is 0 Å². The van der Waals surface area contributed by atoms with Gasteiger partial charge in [-0.25, -0.2) is 4.98 Å². The summed E-state index contributed by atoms with van der Waals surface area (Å²) in [6.07, 6.45) is 3.75. The number of nitrogens with one attached hydrogen (secondary N) is 1. The summed E-state index contributed by atoms with van der Waals surface area (Å²) in [5.74, 6) is -0.359. The Bertz CT molecular complexity index is 706. The van der Waals surface area contributed by atoms with Crippen LogP contribution >= 0.6 is 22.7 Å². The number of aromatic nitrogens is 1. The quantitative estimate of drug-likeness (QED) is 0.658. The summed E-state index contributed by atoms with van der Waals surface area (Å²) in [5, 5.41) is 15.8. The maximum Gasteiger partial charge on any atom is 0.324 e. The van der Waals surface area contributed by atoms with Crippen LogP contribution in [0.4, 0.5) is 10.1 Å². The fourth-order valence-corrected chi connectivity index (χ4v) is 3.90. The van der Waals surface area contributed by atoms with Crippen molar-refractivity contribution in [3.8, 4) is 0 Å². The minimum atomic E-state index is -0.498. The lowest BCUT2D eigenvalue weighted by Crippen LogP contribution is -2.29. The fourth-order valence-electron chi connectivity index (χ4n) is 2.49. The zero-order valence-corrected chi connectivity index (χ0v) is 14.0. The standard InChI is InChI=1S/C14H16N4O3S2/c19-13(11-4-5-12(23-11)18(20)21)16-14-15-10(9-22-14)8-17-6-2-1-3-7-17/h4-5,9H,1-3,6-8H2,(H,15,16,19). The Kier molecular flexibility index (Phi) is 4.99. The zero-order valence-electron chi connectivity index (χ0n) is 12.4. The van der Waals surface area contributed by atoms with E-state index < -0.39 is 4.92 Å². The molecule has 0 radical (unpaired) electrons. The molecule has 1 aliphatic rings. The van der Waals surface area contributed by atoms with Crippen molar-refractivity contribution in [1.29, 1.82) is 0 Å². The molecule has 0 unspecified atom stereocenters. The van der Waals surface area contributed by atoms with Gasteiger partial charge in [-0.15, -0.1) is 11.3 Å². The summed E-state index contributed by atoms with van der Waals surface area (Å²) < 4.78 is 0. The second-order valence-corrected chi connectivity index (χ2v) is 7.25. The average molecular weight is 352 g/mol. The molecule has 2 aromatic rings. The van der Waals surface area contributed by atoms with Gasteiger partial charge >= 0.3 is 5.00 Å². The summed E-state index contributed by atoms with van der Waals surface area (Å²) in [6.45, 7) is 2.99. The second kappa shape index (κ2) is 7.16. The van der Waals surface area contributed by atoms with E-state index in [1.807, 2.05) is 5.38 Å². The Morgan fingerprint density at radius 1 is 1.35 bits per heavy atom. The molecule has 0 aliphatic carbocycles. The first-order valence-corrected chi connectivity index (χ1v) is 9.04. The third-order valence-electron chi connectivity index (χ3n) is 3.60. The van der Waals surface area contributed by atoms with E-state index in [4.69, 9.17) is 0 Å². The van der Waals surface area contributed by atoms with E-state index in [0.717, 1.165) is 36.7 Å². The van der Waals surface area contributed by atoms with Crippen LogP contribution in [0.3, 0.4) is 0 Å². The number of piperidine rings is 1. The number of likely N-dealkylation sites (tertiary alicyclic amines) is 1. The molecule has 1 aliphatic heterocycles. The van der Waals surface area contributed by atoms with Crippen molar-refractivity contribution in [2.24, 2.45) is 0 Å². The third kappa shape index (κ3) is 4.12. The highest BCUT2D eigenvalue weighted by Gasteiger charge is 2.17. The molecule has 7 nitrogen and oxygen atoms in total. The van der Waals surface area contributed by atoms with Crippen LogP contribution in [0.5, 0.6) is 0 Å².